The van der Waals surface area contributed by atoms with Gasteiger partial charge in [-0.25, -0.2) is 4.79 Å². The molecule has 0 amide bonds. The zero-order valence-electron chi connectivity index (χ0n) is 7.33. The standard InChI is InChI=1S/C9H11NO2S/c1-5-8-6(2-3-10-5)7(4-13-8)9(11)12/h4-5,10H,2-3H2,1H3,(H,11,12)/t5-/m1/s1. The van der Waals surface area contributed by atoms with Gasteiger partial charge in [-0.2, -0.15) is 0 Å². The molecule has 2 N–H and O–H groups in total. The van der Waals surface area contributed by atoms with Crippen molar-refractivity contribution in [3.8, 4) is 0 Å². The van der Waals surface area contributed by atoms with E-state index in [0.29, 0.717) is 11.6 Å². The van der Waals surface area contributed by atoms with Crippen LogP contribution in [0.2, 0.25) is 0 Å². The Morgan fingerprint density at radius 1 is 1.77 bits per heavy atom. The van der Waals surface area contributed by atoms with E-state index in [1.54, 1.807) is 16.7 Å². The van der Waals surface area contributed by atoms with Crippen molar-refractivity contribution in [2.45, 2.75) is 19.4 Å². The number of thiophene rings is 1. The Bertz CT molecular complexity index is 345. The molecule has 0 saturated heterocycles. The van der Waals surface area contributed by atoms with Crippen LogP contribution in [-0.4, -0.2) is 17.6 Å². The maximum Gasteiger partial charge on any atom is 0.336 e. The number of carboxylic acid groups (broad SMARTS) is 1. The third-order valence-corrected chi connectivity index (χ3v) is 3.58. The number of hydrogen-bond acceptors (Lipinski definition) is 3. The Labute approximate surface area is 80.4 Å². The van der Waals surface area contributed by atoms with E-state index in [0.717, 1.165) is 18.5 Å². The van der Waals surface area contributed by atoms with Gasteiger partial charge in [0.2, 0.25) is 0 Å². The molecule has 0 fully saturated rings. The van der Waals surface area contributed by atoms with E-state index in [1.807, 2.05) is 0 Å². The molecule has 13 heavy (non-hydrogen) atoms. The molecule has 0 aliphatic carbocycles. The van der Waals surface area contributed by atoms with E-state index in [4.69, 9.17) is 5.11 Å². The molecular formula is C9H11NO2S. The minimum Gasteiger partial charge on any atom is -0.478 e. The van der Waals surface area contributed by atoms with Gasteiger partial charge in [-0.3, -0.25) is 0 Å². The van der Waals surface area contributed by atoms with Crippen molar-refractivity contribution in [3.63, 3.8) is 0 Å². The Hall–Kier alpha value is -0.870. The summed E-state index contributed by atoms with van der Waals surface area (Å²) >= 11 is 1.55. The Morgan fingerprint density at radius 3 is 3.23 bits per heavy atom. The largest absolute Gasteiger partial charge is 0.478 e. The number of hydrogen-bond donors (Lipinski definition) is 2. The van der Waals surface area contributed by atoms with Crippen molar-refractivity contribution >= 4 is 17.3 Å². The molecule has 3 nitrogen and oxygen atoms in total. The summed E-state index contributed by atoms with van der Waals surface area (Å²) in [6.07, 6.45) is 0.838. The minimum absolute atomic E-state index is 0.307. The topological polar surface area (TPSA) is 49.3 Å². The predicted molar refractivity (Wildman–Crippen MR) is 51.4 cm³/mol. The summed E-state index contributed by atoms with van der Waals surface area (Å²) in [6, 6.07) is 0.307. The Kier molecular flexibility index (Phi) is 2.09. The monoisotopic (exact) mass is 197 g/mol. The van der Waals surface area contributed by atoms with Crippen LogP contribution in [0, 0.1) is 0 Å². The third kappa shape index (κ3) is 1.36. The van der Waals surface area contributed by atoms with Gasteiger partial charge in [0.25, 0.3) is 0 Å². The summed E-state index contributed by atoms with van der Waals surface area (Å²) < 4.78 is 0. The first kappa shape index (κ1) is 8.72. The van der Waals surface area contributed by atoms with Crippen LogP contribution in [0.1, 0.15) is 33.8 Å². The fourth-order valence-electron chi connectivity index (χ4n) is 1.70. The van der Waals surface area contributed by atoms with Crippen LogP contribution in [0.25, 0.3) is 0 Å². The van der Waals surface area contributed by atoms with Gasteiger partial charge in [0.1, 0.15) is 0 Å². The van der Waals surface area contributed by atoms with Crippen LogP contribution in [0.15, 0.2) is 5.38 Å². The van der Waals surface area contributed by atoms with E-state index in [1.165, 1.54) is 4.88 Å². The zero-order valence-corrected chi connectivity index (χ0v) is 8.15. The molecular weight excluding hydrogens is 186 g/mol. The molecule has 0 spiro atoms. The predicted octanol–water partition coefficient (Wildman–Crippen LogP) is 1.65. The van der Waals surface area contributed by atoms with Gasteiger partial charge in [0.05, 0.1) is 5.56 Å². The molecule has 1 aromatic heterocycles. The fourth-order valence-corrected chi connectivity index (χ4v) is 2.83. The van der Waals surface area contributed by atoms with E-state index in [-0.39, 0.29) is 0 Å². The van der Waals surface area contributed by atoms with Gasteiger partial charge in [0.15, 0.2) is 0 Å². The molecule has 1 atom stereocenters. The van der Waals surface area contributed by atoms with E-state index >= 15 is 0 Å². The van der Waals surface area contributed by atoms with Crippen LogP contribution in [0.5, 0.6) is 0 Å². The summed E-state index contributed by atoms with van der Waals surface area (Å²) in [6.45, 7) is 2.95. The van der Waals surface area contributed by atoms with Gasteiger partial charge in [0, 0.05) is 16.3 Å². The average Bonchev–Trinajstić information content (AvgIpc) is 2.48. The van der Waals surface area contributed by atoms with Crippen molar-refractivity contribution in [3.05, 3.63) is 21.4 Å². The Balaban J connectivity index is 2.47. The summed E-state index contributed by atoms with van der Waals surface area (Å²) in [4.78, 5) is 12.0. The van der Waals surface area contributed by atoms with E-state index in [9.17, 15) is 4.79 Å². The highest BCUT2D eigenvalue weighted by atomic mass is 32.1. The van der Waals surface area contributed by atoms with Crippen LogP contribution in [0.4, 0.5) is 0 Å². The molecule has 0 saturated carbocycles. The number of nitrogens with one attached hydrogen (secondary N) is 1. The van der Waals surface area contributed by atoms with E-state index < -0.39 is 5.97 Å². The lowest BCUT2D eigenvalue weighted by Gasteiger charge is -2.20. The fraction of sp³-hybridized carbons (Fsp3) is 0.444. The minimum atomic E-state index is -0.799. The van der Waals surface area contributed by atoms with Crippen LogP contribution in [-0.2, 0) is 6.42 Å². The summed E-state index contributed by atoms with van der Waals surface area (Å²) in [5.41, 5.74) is 1.53. The molecule has 2 heterocycles. The van der Waals surface area contributed by atoms with Gasteiger partial charge in [-0.05, 0) is 25.5 Å². The molecule has 0 bridgehead atoms. The quantitative estimate of drug-likeness (QED) is 0.719. The number of fused-ring (bicyclic) bond motifs is 1. The lowest BCUT2D eigenvalue weighted by molar-refractivity contribution is 0.0696. The molecule has 0 aromatic carbocycles. The second-order valence-electron chi connectivity index (χ2n) is 3.22. The lowest BCUT2D eigenvalue weighted by atomic mass is 10.0. The van der Waals surface area contributed by atoms with Gasteiger partial charge in [-0.1, -0.05) is 0 Å². The first-order chi connectivity index (χ1) is 6.20. The van der Waals surface area contributed by atoms with Gasteiger partial charge >= 0.3 is 5.97 Å². The van der Waals surface area contributed by atoms with E-state index in [2.05, 4.69) is 12.2 Å². The second kappa shape index (κ2) is 3.12. The molecule has 70 valence electrons. The number of aromatic carboxylic acids is 1. The highest BCUT2D eigenvalue weighted by Crippen LogP contribution is 2.31. The molecule has 1 aliphatic heterocycles. The normalized spacial score (nSPS) is 21.2. The number of rotatable bonds is 1. The second-order valence-corrected chi connectivity index (χ2v) is 4.13. The lowest BCUT2D eigenvalue weighted by Crippen LogP contribution is -2.27. The molecule has 0 radical (unpaired) electrons. The maximum absolute atomic E-state index is 10.8. The van der Waals surface area contributed by atoms with Crippen molar-refractivity contribution in [2.75, 3.05) is 6.54 Å². The van der Waals surface area contributed by atoms with Crippen LogP contribution in [0.3, 0.4) is 0 Å². The van der Waals surface area contributed by atoms with Crippen LogP contribution < -0.4 is 5.32 Å². The molecule has 1 aromatic rings. The van der Waals surface area contributed by atoms with Gasteiger partial charge in [-0.15, -0.1) is 11.3 Å². The zero-order chi connectivity index (χ0) is 9.42. The Morgan fingerprint density at radius 2 is 2.54 bits per heavy atom. The first-order valence-corrected chi connectivity index (χ1v) is 5.15. The third-order valence-electron chi connectivity index (χ3n) is 2.38. The number of carbonyl (C=O) groups is 1. The summed E-state index contributed by atoms with van der Waals surface area (Å²) in [5.74, 6) is -0.799. The number of carboxylic acids is 1. The molecule has 4 heteroatoms. The van der Waals surface area contributed by atoms with Crippen LogP contribution >= 0.6 is 11.3 Å². The van der Waals surface area contributed by atoms with Gasteiger partial charge < -0.3 is 10.4 Å². The summed E-state index contributed by atoms with van der Waals surface area (Å²) in [5, 5.41) is 14.0. The molecule has 2 rings (SSSR count). The van der Waals surface area contributed by atoms with Crippen molar-refractivity contribution in [1.82, 2.24) is 5.32 Å². The smallest absolute Gasteiger partial charge is 0.336 e. The van der Waals surface area contributed by atoms with Crippen molar-refractivity contribution in [1.29, 1.82) is 0 Å². The molecule has 0 unspecified atom stereocenters. The summed E-state index contributed by atoms with van der Waals surface area (Å²) in [7, 11) is 0. The highest BCUT2D eigenvalue weighted by molar-refractivity contribution is 7.10. The average molecular weight is 197 g/mol. The highest BCUT2D eigenvalue weighted by Gasteiger charge is 2.23. The van der Waals surface area contributed by atoms with Crippen molar-refractivity contribution in [2.24, 2.45) is 0 Å². The SMILES string of the molecule is C[C@H]1NCCc2c(C(=O)O)csc21. The molecule has 1 aliphatic rings. The maximum atomic E-state index is 10.8. The van der Waals surface area contributed by atoms with Crippen molar-refractivity contribution < 1.29 is 9.90 Å². The first-order valence-electron chi connectivity index (χ1n) is 4.27.